The first-order chi connectivity index (χ1) is 14.5. The largest absolute Gasteiger partial charge is 0.494 e. The van der Waals surface area contributed by atoms with E-state index in [1.165, 1.54) is 0 Å². The van der Waals surface area contributed by atoms with E-state index in [0.717, 1.165) is 23.2 Å². The lowest BCUT2D eigenvalue weighted by Gasteiger charge is -2.16. The van der Waals surface area contributed by atoms with E-state index in [1.54, 1.807) is 0 Å². The van der Waals surface area contributed by atoms with Gasteiger partial charge in [0.1, 0.15) is 18.1 Å². The van der Waals surface area contributed by atoms with Crippen LogP contribution in [0.4, 0.5) is 5.69 Å². The van der Waals surface area contributed by atoms with E-state index >= 15 is 0 Å². The van der Waals surface area contributed by atoms with Crippen LogP contribution in [-0.2, 0) is 16.1 Å². The first kappa shape index (κ1) is 21.4. The maximum absolute atomic E-state index is 12.8. The fourth-order valence-electron chi connectivity index (χ4n) is 3.34. The molecule has 1 heterocycles. The number of anilines is 1. The van der Waals surface area contributed by atoms with E-state index in [9.17, 15) is 9.59 Å². The van der Waals surface area contributed by atoms with Gasteiger partial charge in [-0.2, -0.15) is 0 Å². The fourth-order valence-corrected chi connectivity index (χ4v) is 3.34. The van der Waals surface area contributed by atoms with Crippen LogP contribution in [0.5, 0.6) is 5.75 Å². The number of rotatable bonds is 9. The van der Waals surface area contributed by atoms with Crippen LogP contribution in [0.3, 0.4) is 0 Å². The summed E-state index contributed by atoms with van der Waals surface area (Å²) < 4.78 is 7.29. The predicted octanol–water partition coefficient (Wildman–Crippen LogP) is 4.05. The number of carbonyl (C=O) groups is 2. The molecule has 2 aromatic carbocycles. The van der Waals surface area contributed by atoms with Gasteiger partial charge in [-0.3, -0.25) is 9.59 Å². The van der Waals surface area contributed by atoms with Gasteiger partial charge in [-0.25, -0.2) is 4.98 Å². The zero-order chi connectivity index (χ0) is 21.5. The third-order valence-corrected chi connectivity index (χ3v) is 4.68. The molecule has 2 N–H and O–H groups in total. The average Bonchev–Trinajstić information content (AvgIpc) is 3.08. The topological polar surface area (TPSA) is 85.2 Å². The van der Waals surface area contributed by atoms with E-state index in [1.807, 2.05) is 73.9 Å². The first-order valence-electron chi connectivity index (χ1n) is 10.3. The van der Waals surface area contributed by atoms with Gasteiger partial charge in [-0.05, 0) is 56.7 Å². The number of aromatic nitrogens is 2. The number of fused-ring (bicyclic) bond motifs is 1. The van der Waals surface area contributed by atoms with Crippen molar-refractivity contribution in [3.05, 3.63) is 54.4 Å². The van der Waals surface area contributed by atoms with E-state index in [4.69, 9.17) is 4.74 Å². The molecule has 0 aliphatic rings. The van der Waals surface area contributed by atoms with Gasteiger partial charge in [0.25, 0.3) is 0 Å². The number of hydrogen-bond acceptors (Lipinski definition) is 4. The van der Waals surface area contributed by atoms with Crippen molar-refractivity contribution in [3.63, 3.8) is 0 Å². The quantitative estimate of drug-likeness (QED) is 0.559. The minimum Gasteiger partial charge on any atom is -0.494 e. The molecule has 1 unspecified atom stereocenters. The molecule has 0 bridgehead atoms. The number of carbonyl (C=O) groups excluding carboxylic acids is 2. The van der Waals surface area contributed by atoms with Gasteiger partial charge in [0.15, 0.2) is 0 Å². The molecule has 0 aliphatic carbocycles. The van der Waals surface area contributed by atoms with Crippen molar-refractivity contribution in [2.45, 2.75) is 46.2 Å². The van der Waals surface area contributed by atoms with Gasteiger partial charge < -0.3 is 19.9 Å². The number of nitrogens with one attached hydrogen (secondary N) is 2. The van der Waals surface area contributed by atoms with Gasteiger partial charge >= 0.3 is 0 Å². The van der Waals surface area contributed by atoms with Gasteiger partial charge in [-0.1, -0.05) is 19.1 Å². The third-order valence-electron chi connectivity index (χ3n) is 4.68. The molecular weight excluding hydrogens is 380 g/mol. The van der Waals surface area contributed by atoms with Crippen LogP contribution >= 0.6 is 0 Å². The van der Waals surface area contributed by atoms with Crippen LogP contribution < -0.4 is 15.4 Å². The van der Waals surface area contributed by atoms with Crippen LogP contribution in [0, 0.1) is 0 Å². The van der Waals surface area contributed by atoms with Crippen LogP contribution in [-0.4, -0.2) is 28.0 Å². The standard InChI is InChI=1S/C23H28N4O3/c1-4-8-21(28)24-16(3)23-26-19-9-6-7-10-20(19)27(23)15-22(29)25-17-11-13-18(14-12-17)30-5-2/h6-7,9-14,16H,4-5,8,15H2,1-3H3,(H,24,28)(H,25,29). The molecule has 158 valence electrons. The summed E-state index contributed by atoms with van der Waals surface area (Å²) in [6.07, 6.45) is 1.24. The van der Waals surface area contributed by atoms with E-state index in [-0.39, 0.29) is 24.4 Å². The highest BCUT2D eigenvalue weighted by atomic mass is 16.5. The minimum absolute atomic E-state index is 0.0255. The molecule has 0 saturated heterocycles. The zero-order valence-corrected chi connectivity index (χ0v) is 17.6. The maximum atomic E-state index is 12.8. The monoisotopic (exact) mass is 408 g/mol. The molecule has 3 aromatic rings. The Morgan fingerprint density at radius 1 is 1.07 bits per heavy atom. The second-order valence-electron chi connectivity index (χ2n) is 7.09. The van der Waals surface area contributed by atoms with E-state index in [2.05, 4.69) is 15.6 Å². The summed E-state index contributed by atoms with van der Waals surface area (Å²) in [6.45, 7) is 6.46. The highest BCUT2D eigenvalue weighted by Gasteiger charge is 2.20. The van der Waals surface area contributed by atoms with E-state index in [0.29, 0.717) is 24.5 Å². The van der Waals surface area contributed by atoms with Crippen LogP contribution in [0.2, 0.25) is 0 Å². The number of ether oxygens (including phenoxy) is 1. The van der Waals surface area contributed by atoms with Crippen molar-refractivity contribution >= 4 is 28.5 Å². The number of nitrogens with zero attached hydrogens (tertiary/aromatic N) is 2. The summed E-state index contributed by atoms with van der Waals surface area (Å²) >= 11 is 0. The molecule has 0 spiro atoms. The second-order valence-corrected chi connectivity index (χ2v) is 7.09. The zero-order valence-electron chi connectivity index (χ0n) is 17.6. The Balaban J connectivity index is 1.79. The van der Waals surface area contributed by atoms with E-state index < -0.39 is 0 Å². The molecule has 0 radical (unpaired) electrons. The van der Waals surface area contributed by atoms with Crippen molar-refractivity contribution < 1.29 is 14.3 Å². The van der Waals surface area contributed by atoms with Gasteiger partial charge in [-0.15, -0.1) is 0 Å². The fraction of sp³-hybridized carbons (Fsp3) is 0.348. The van der Waals surface area contributed by atoms with Crippen molar-refractivity contribution in [2.75, 3.05) is 11.9 Å². The number of amides is 2. The summed E-state index contributed by atoms with van der Waals surface area (Å²) in [6, 6.07) is 14.6. The Bertz CT molecular complexity index is 1010. The molecule has 7 heteroatoms. The Morgan fingerprint density at radius 2 is 1.80 bits per heavy atom. The van der Waals surface area contributed by atoms with Crippen molar-refractivity contribution in [1.82, 2.24) is 14.9 Å². The predicted molar refractivity (Wildman–Crippen MR) is 117 cm³/mol. The van der Waals surface area contributed by atoms with Gasteiger partial charge in [0.05, 0.1) is 23.7 Å². The van der Waals surface area contributed by atoms with Crippen LogP contribution in [0.15, 0.2) is 48.5 Å². The first-order valence-corrected chi connectivity index (χ1v) is 10.3. The minimum atomic E-state index is -0.310. The molecule has 2 amide bonds. The summed E-state index contributed by atoms with van der Waals surface area (Å²) in [5.41, 5.74) is 2.34. The summed E-state index contributed by atoms with van der Waals surface area (Å²) in [5, 5.41) is 5.88. The molecule has 0 fully saturated rings. The molecule has 0 aliphatic heterocycles. The molecular formula is C23H28N4O3. The highest BCUT2D eigenvalue weighted by molar-refractivity contribution is 5.91. The molecule has 30 heavy (non-hydrogen) atoms. The van der Waals surface area contributed by atoms with Crippen LogP contribution in [0.1, 0.15) is 45.5 Å². The van der Waals surface area contributed by atoms with Gasteiger partial charge in [0, 0.05) is 12.1 Å². The SMILES string of the molecule is CCCC(=O)NC(C)c1nc2ccccc2n1CC(=O)Nc1ccc(OCC)cc1. The van der Waals surface area contributed by atoms with Crippen LogP contribution in [0.25, 0.3) is 11.0 Å². The second kappa shape index (κ2) is 9.91. The summed E-state index contributed by atoms with van der Waals surface area (Å²) in [7, 11) is 0. The lowest BCUT2D eigenvalue weighted by molar-refractivity contribution is -0.121. The number of benzene rings is 2. The molecule has 0 saturated carbocycles. The number of para-hydroxylation sites is 2. The molecule has 1 aromatic heterocycles. The summed E-state index contributed by atoms with van der Waals surface area (Å²) in [5.74, 6) is 1.22. The third kappa shape index (κ3) is 5.17. The average molecular weight is 409 g/mol. The Kier molecular flexibility index (Phi) is 7.06. The molecule has 7 nitrogen and oxygen atoms in total. The normalized spacial score (nSPS) is 11.8. The smallest absolute Gasteiger partial charge is 0.244 e. The van der Waals surface area contributed by atoms with Crippen molar-refractivity contribution in [3.8, 4) is 5.75 Å². The Labute approximate surface area is 176 Å². The Morgan fingerprint density at radius 3 is 2.50 bits per heavy atom. The van der Waals surface area contributed by atoms with Crippen molar-refractivity contribution in [2.24, 2.45) is 0 Å². The van der Waals surface area contributed by atoms with Gasteiger partial charge in [0.2, 0.25) is 11.8 Å². The summed E-state index contributed by atoms with van der Waals surface area (Å²) in [4.78, 5) is 29.5. The maximum Gasteiger partial charge on any atom is 0.244 e. The number of imidazole rings is 1. The Hall–Kier alpha value is -3.35. The lowest BCUT2D eigenvalue weighted by Crippen LogP contribution is -2.29. The molecule has 1 atom stereocenters. The van der Waals surface area contributed by atoms with Crippen molar-refractivity contribution in [1.29, 1.82) is 0 Å². The lowest BCUT2D eigenvalue weighted by atomic mass is 10.2. The highest BCUT2D eigenvalue weighted by Crippen LogP contribution is 2.22. The molecule has 3 rings (SSSR count). The number of hydrogen-bond donors (Lipinski definition) is 2.